The van der Waals surface area contributed by atoms with Gasteiger partial charge in [0.25, 0.3) is 0 Å². The molecule has 0 saturated carbocycles. The van der Waals surface area contributed by atoms with Gasteiger partial charge in [-0.3, -0.25) is 0 Å². The van der Waals surface area contributed by atoms with Gasteiger partial charge in [-0.1, -0.05) is 206 Å². The van der Waals surface area contributed by atoms with E-state index < -0.39 is 0 Å². The summed E-state index contributed by atoms with van der Waals surface area (Å²) in [6, 6.07) is 112. The zero-order chi connectivity index (χ0) is 49.9. The average Bonchev–Trinajstić information content (AvgIpc) is 3.83. The quantitative estimate of drug-likeness (QED) is 0.121. The van der Waals surface area contributed by atoms with Crippen molar-refractivity contribution in [2.45, 2.75) is 0 Å². The van der Waals surface area contributed by atoms with Gasteiger partial charge in [-0.25, -0.2) is 0 Å². The first kappa shape index (κ1) is 44.9. The molecule has 0 atom stereocenters. The smallest absolute Gasteiger partial charge is 0.0541 e. The first-order valence-corrected chi connectivity index (χ1v) is 25.7. The summed E-state index contributed by atoms with van der Waals surface area (Å²) in [7, 11) is 0. The lowest BCUT2D eigenvalue weighted by atomic mass is 9.97. The maximum absolute atomic E-state index is 2.45. The predicted molar refractivity (Wildman–Crippen MR) is 317 cm³/mol. The van der Waals surface area contributed by atoms with Gasteiger partial charge in [0.15, 0.2) is 0 Å². The van der Waals surface area contributed by atoms with Crippen molar-refractivity contribution in [2.75, 3.05) is 9.80 Å². The minimum Gasteiger partial charge on any atom is -0.311 e. The molecule has 1 heterocycles. The highest BCUT2D eigenvalue weighted by atomic mass is 15.1. The van der Waals surface area contributed by atoms with E-state index in [1.807, 2.05) is 0 Å². The third-order valence-electron chi connectivity index (χ3n) is 14.4. The maximum atomic E-state index is 2.45. The molecule has 75 heavy (non-hydrogen) atoms. The maximum Gasteiger partial charge on any atom is 0.0541 e. The molecule has 0 spiro atoms. The van der Waals surface area contributed by atoms with Gasteiger partial charge < -0.3 is 14.4 Å². The summed E-state index contributed by atoms with van der Waals surface area (Å²) < 4.78 is 2.45. The number of anilines is 6. The van der Waals surface area contributed by atoms with Crippen molar-refractivity contribution in [3.8, 4) is 61.3 Å². The van der Waals surface area contributed by atoms with Crippen LogP contribution in [0.4, 0.5) is 34.1 Å². The summed E-state index contributed by atoms with van der Waals surface area (Å²) in [5, 5.41) is 2.43. The van der Waals surface area contributed by atoms with E-state index in [4.69, 9.17) is 0 Å². The van der Waals surface area contributed by atoms with Crippen LogP contribution in [0, 0.1) is 0 Å². The molecule has 0 fully saturated rings. The zero-order valence-corrected chi connectivity index (χ0v) is 41.3. The van der Waals surface area contributed by atoms with Gasteiger partial charge in [0.05, 0.1) is 16.7 Å². The Balaban J connectivity index is 0.840. The lowest BCUT2D eigenvalue weighted by molar-refractivity contribution is 1.18. The topological polar surface area (TPSA) is 11.4 Å². The molecule has 13 aromatic rings. The van der Waals surface area contributed by atoms with E-state index in [2.05, 4.69) is 324 Å². The molecule has 0 aliphatic heterocycles. The molecule has 1 aromatic heterocycles. The van der Waals surface area contributed by atoms with E-state index in [-0.39, 0.29) is 0 Å². The summed E-state index contributed by atoms with van der Waals surface area (Å²) in [6.45, 7) is 0. The number of hydrogen-bond acceptors (Lipinski definition) is 2. The van der Waals surface area contributed by atoms with E-state index in [0.717, 1.165) is 39.8 Å². The van der Waals surface area contributed by atoms with Crippen LogP contribution in [0.25, 0.3) is 83.1 Å². The molecule has 0 aliphatic carbocycles. The molecule has 13 rings (SSSR count). The standard InChI is InChI=1S/C72H51N3/c1-6-18-58(19-7-1)67-28-16-17-29-70(67)75-71-48-42-59(56-34-30-52(31-35-56)54-38-44-65(45-39-54)73(61-20-8-2-9-21-61)62-22-10-3-11-23-62)50-68(71)69-51-60(43-49-72(69)75)57-36-32-53(33-37-57)55-40-46-66(47-41-55)74(63-24-12-4-13-25-63)64-26-14-5-15-27-64/h1-51H. The number of benzene rings is 12. The van der Waals surface area contributed by atoms with E-state index in [1.165, 1.54) is 77.4 Å². The predicted octanol–water partition coefficient (Wildman–Crippen LogP) is 20.1. The monoisotopic (exact) mass is 957 g/mol. The third kappa shape index (κ3) is 8.83. The number of rotatable bonds is 12. The fourth-order valence-corrected chi connectivity index (χ4v) is 10.7. The molecular weight excluding hydrogens is 907 g/mol. The summed E-state index contributed by atoms with van der Waals surface area (Å²) in [6.07, 6.45) is 0. The Kier molecular flexibility index (Phi) is 11.9. The Labute approximate surface area is 438 Å². The molecule has 0 N–H and O–H groups in total. The molecule has 354 valence electrons. The zero-order valence-electron chi connectivity index (χ0n) is 41.3. The van der Waals surface area contributed by atoms with E-state index in [0.29, 0.717) is 0 Å². The molecule has 0 saturated heterocycles. The second-order valence-electron chi connectivity index (χ2n) is 18.9. The molecule has 0 unspecified atom stereocenters. The summed E-state index contributed by atoms with van der Waals surface area (Å²) in [5.41, 5.74) is 22.0. The number of hydrogen-bond donors (Lipinski definition) is 0. The lowest BCUT2D eigenvalue weighted by Gasteiger charge is -2.25. The molecule has 12 aromatic carbocycles. The van der Waals surface area contributed by atoms with Crippen LogP contribution in [0.5, 0.6) is 0 Å². The molecular formula is C72H51N3. The molecule has 3 nitrogen and oxygen atoms in total. The van der Waals surface area contributed by atoms with Crippen molar-refractivity contribution in [3.63, 3.8) is 0 Å². The van der Waals surface area contributed by atoms with Crippen LogP contribution in [-0.4, -0.2) is 4.57 Å². The van der Waals surface area contributed by atoms with Gasteiger partial charge in [-0.05, 0) is 153 Å². The van der Waals surface area contributed by atoms with Crippen LogP contribution in [0.1, 0.15) is 0 Å². The van der Waals surface area contributed by atoms with Gasteiger partial charge >= 0.3 is 0 Å². The molecule has 0 amide bonds. The van der Waals surface area contributed by atoms with Gasteiger partial charge in [-0.2, -0.15) is 0 Å². The minimum absolute atomic E-state index is 1.11. The van der Waals surface area contributed by atoms with Gasteiger partial charge in [-0.15, -0.1) is 0 Å². The van der Waals surface area contributed by atoms with Crippen LogP contribution in [0.2, 0.25) is 0 Å². The second-order valence-corrected chi connectivity index (χ2v) is 18.9. The number of para-hydroxylation sites is 5. The van der Waals surface area contributed by atoms with Crippen LogP contribution in [0.15, 0.2) is 309 Å². The first-order valence-electron chi connectivity index (χ1n) is 25.7. The van der Waals surface area contributed by atoms with Crippen molar-refractivity contribution in [1.29, 1.82) is 0 Å². The lowest BCUT2D eigenvalue weighted by Crippen LogP contribution is -2.09. The largest absolute Gasteiger partial charge is 0.311 e. The van der Waals surface area contributed by atoms with Crippen molar-refractivity contribution < 1.29 is 0 Å². The van der Waals surface area contributed by atoms with Crippen molar-refractivity contribution in [1.82, 2.24) is 4.57 Å². The average molecular weight is 958 g/mol. The van der Waals surface area contributed by atoms with Gasteiger partial charge in [0.1, 0.15) is 0 Å². The number of fused-ring (bicyclic) bond motifs is 3. The minimum atomic E-state index is 1.11. The van der Waals surface area contributed by atoms with Crippen molar-refractivity contribution in [2.24, 2.45) is 0 Å². The number of aromatic nitrogens is 1. The Morgan fingerprint density at radius 3 is 0.827 bits per heavy atom. The molecule has 3 heteroatoms. The number of nitrogens with zero attached hydrogens (tertiary/aromatic N) is 3. The van der Waals surface area contributed by atoms with E-state index in [1.54, 1.807) is 0 Å². The summed E-state index contributed by atoms with van der Waals surface area (Å²) in [5.74, 6) is 0. The third-order valence-corrected chi connectivity index (χ3v) is 14.4. The first-order chi connectivity index (χ1) is 37.2. The van der Waals surface area contributed by atoms with Crippen molar-refractivity contribution >= 4 is 55.9 Å². The van der Waals surface area contributed by atoms with Crippen LogP contribution in [0.3, 0.4) is 0 Å². The van der Waals surface area contributed by atoms with Crippen LogP contribution < -0.4 is 9.80 Å². The van der Waals surface area contributed by atoms with Gasteiger partial charge in [0, 0.05) is 50.5 Å². The molecule has 0 aliphatic rings. The van der Waals surface area contributed by atoms with E-state index in [9.17, 15) is 0 Å². The Bertz CT molecular complexity index is 3740. The highest BCUT2D eigenvalue weighted by molar-refractivity contribution is 6.12. The summed E-state index contributed by atoms with van der Waals surface area (Å²) in [4.78, 5) is 4.60. The Morgan fingerprint density at radius 1 is 0.200 bits per heavy atom. The van der Waals surface area contributed by atoms with Crippen LogP contribution in [-0.2, 0) is 0 Å². The second kappa shape index (κ2) is 19.9. The fourth-order valence-electron chi connectivity index (χ4n) is 10.7. The Morgan fingerprint density at radius 2 is 0.467 bits per heavy atom. The van der Waals surface area contributed by atoms with E-state index >= 15 is 0 Å². The fraction of sp³-hybridized carbons (Fsp3) is 0. The Hall–Kier alpha value is -9.96. The summed E-state index contributed by atoms with van der Waals surface area (Å²) >= 11 is 0. The molecule has 0 radical (unpaired) electrons. The SMILES string of the molecule is c1ccc(-c2ccccc2-n2c3ccc(-c4ccc(-c5ccc(N(c6ccccc6)c6ccccc6)cc5)cc4)cc3c3cc(-c4ccc(-c5ccc(N(c6ccccc6)c6ccccc6)cc5)cc4)ccc32)cc1. The normalized spacial score (nSPS) is 11.2. The van der Waals surface area contributed by atoms with Crippen LogP contribution >= 0.6 is 0 Å². The molecule has 0 bridgehead atoms. The highest BCUT2D eigenvalue weighted by Crippen LogP contribution is 2.42. The highest BCUT2D eigenvalue weighted by Gasteiger charge is 2.19. The van der Waals surface area contributed by atoms with Gasteiger partial charge in [0.2, 0.25) is 0 Å². The van der Waals surface area contributed by atoms with Crippen molar-refractivity contribution in [3.05, 3.63) is 309 Å².